The van der Waals surface area contributed by atoms with Crippen molar-refractivity contribution in [3.63, 3.8) is 0 Å². The van der Waals surface area contributed by atoms with Crippen molar-refractivity contribution < 1.29 is 10.2 Å². The van der Waals surface area contributed by atoms with Crippen LogP contribution in [-0.4, -0.2) is 15.2 Å². The number of nitrogens with two attached hydrogens (primary N) is 1. The lowest BCUT2D eigenvalue weighted by atomic mass is 9.96. The van der Waals surface area contributed by atoms with Gasteiger partial charge in [-0.3, -0.25) is 4.79 Å². The van der Waals surface area contributed by atoms with Crippen LogP contribution < -0.4 is 11.3 Å². The van der Waals surface area contributed by atoms with Crippen LogP contribution in [-0.2, 0) is 0 Å². The summed E-state index contributed by atoms with van der Waals surface area (Å²) in [7, 11) is 0. The molecule has 0 amide bonds. The van der Waals surface area contributed by atoms with E-state index in [1.807, 2.05) is 6.07 Å². The van der Waals surface area contributed by atoms with Gasteiger partial charge in [-0.15, -0.1) is 0 Å². The Morgan fingerprint density at radius 1 is 1.10 bits per heavy atom. The summed E-state index contributed by atoms with van der Waals surface area (Å²) in [6.45, 7) is 0. The first-order valence-electron chi connectivity index (χ1n) is 5.38. The van der Waals surface area contributed by atoms with Crippen LogP contribution >= 0.6 is 0 Å². The minimum absolute atomic E-state index is 0.0200. The number of aromatic hydroxyl groups is 2. The van der Waals surface area contributed by atoms with E-state index in [2.05, 4.69) is 4.98 Å². The highest BCUT2D eigenvalue weighted by Crippen LogP contribution is 2.34. The van der Waals surface area contributed by atoms with Gasteiger partial charge in [0.1, 0.15) is 29.1 Å². The van der Waals surface area contributed by atoms with Gasteiger partial charge >= 0.3 is 0 Å². The number of nitrogens with one attached hydrogen (secondary N) is 1. The van der Waals surface area contributed by atoms with Gasteiger partial charge in [0.05, 0.1) is 0 Å². The first-order chi connectivity index (χ1) is 9.49. The fourth-order valence-electron chi connectivity index (χ4n) is 1.81. The highest BCUT2D eigenvalue weighted by atomic mass is 16.3. The van der Waals surface area contributed by atoms with Gasteiger partial charge in [-0.1, -0.05) is 6.07 Å². The van der Waals surface area contributed by atoms with Crippen molar-refractivity contribution in [3.05, 3.63) is 39.7 Å². The second-order valence-electron chi connectivity index (χ2n) is 3.92. The number of nitrogens with zero attached hydrogens (tertiary/aromatic N) is 2. The Labute approximate surface area is 112 Å². The summed E-state index contributed by atoms with van der Waals surface area (Å²) in [6, 6.07) is 7.21. The Morgan fingerprint density at radius 3 is 2.30 bits per heavy atom. The maximum atomic E-state index is 11.7. The predicted octanol–water partition coefficient (Wildman–Crippen LogP) is 0.779. The largest absolute Gasteiger partial charge is 0.504 e. The average Bonchev–Trinajstić information content (AvgIpc) is 2.41. The average molecular weight is 268 g/mol. The summed E-state index contributed by atoms with van der Waals surface area (Å²) in [4.78, 5) is 13.9. The van der Waals surface area contributed by atoms with Crippen molar-refractivity contribution in [1.82, 2.24) is 4.98 Å². The van der Waals surface area contributed by atoms with E-state index in [4.69, 9.17) is 16.3 Å². The van der Waals surface area contributed by atoms with E-state index in [0.717, 1.165) is 6.07 Å². The predicted molar refractivity (Wildman–Crippen MR) is 69.7 cm³/mol. The smallest absolute Gasteiger partial charge is 0.268 e. The zero-order chi connectivity index (χ0) is 14.9. The number of phenolic OH excluding ortho intramolecular Hbond substituents is 2. The van der Waals surface area contributed by atoms with Crippen molar-refractivity contribution in [2.75, 3.05) is 5.73 Å². The van der Waals surface area contributed by atoms with Crippen LogP contribution in [0.15, 0.2) is 23.0 Å². The summed E-state index contributed by atoms with van der Waals surface area (Å²) in [5, 5.41) is 37.0. The van der Waals surface area contributed by atoms with Gasteiger partial charge in [-0.25, -0.2) is 0 Å². The van der Waals surface area contributed by atoms with Crippen LogP contribution in [0.1, 0.15) is 11.1 Å². The number of aromatic amines is 1. The summed E-state index contributed by atoms with van der Waals surface area (Å²) in [5.41, 5.74) is 4.71. The van der Waals surface area contributed by atoms with Crippen molar-refractivity contribution in [2.24, 2.45) is 0 Å². The second kappa shape index (κ2) is 4.67. The van der Waals surface area contributed by atoms with Gasteiger partial charge < -0.3 is 20.9 Å². The molecular weight excluding hydrogens is 260 g/mol. The maximum Gasteiger partial charge on any atom is 0.268 e. The number of hydrogen-bond donors (Lipinski definition) is 4. The number of aromatic nitrogens is 1. The first-order valence-corrected chi connectivity index (χ1v) is 5.38. The molecule has 98 valence electrons. The number of anilines is 1. The van der Waals surface area contributed by atoms with E-state index in [1.54, 1.807) is 6.07 Å². The molecule has 1 aromatic heterocycles. The summed E-state index contributed by atoms with van der Waals surface area (Å²) >= 11 is 0. The molecule has 0 saturated heterocycles. The number of H-pyrrole nitrogens is 1. The lowest BCUT2D eigenvalue weighted by Gasteiger charge is -2.09. The third kappa shape index (κ3) is 1.89. The quantitative estimate of drug-likeness (QED) is 0.562. The van der Waals surface area contributed by atoms with Gasteiger partial charge in [0, 0.05) is 5.56 Å². The Balaban J connectivity index is 2.92. The van der Waals surface area contributed by atoms with Crippen LogP contribution in [0, 0.1) is 22.7 Å². The first kappa shape index (κ1) is 13.0. The van der Waals surface area contributed by atoms with Gasteiger partial charge in [0.25, 0.3) is 5.56 Å². The van der Waals surface area contributed by atoms with E-state index in [1.165, 1.54) is 12.1 Å². The Hall–Kier alpha value is -3.45. The minimum Gasteiger partial charge on any atom is -0.504 e. The van der Waals surface area contributed by atoms with Gasteiger partial charge in [-0.05, 0) is 17.7 Å². The molecule has 2 rings (SSSR count). The summed E-state index contributed by atoms with van der Waals surface area (Å²) in [6.07, 6.45) is 0. The maximum absolute atomic E-state index is 11.7. The molecule has 0 saturated carbocycles. The molecule has 0 aliphatic rings. The molecule has 0 spiro atoms. The molecular formula is C13H8N4O3. The number of benzene rings is 1. The molecule has 0 aliphatic carbocycles. The summed E-state index contributed by atoms with van der Waals surface area (Å²) in [5.74, 6) is -0.961. The van der Waals surface area contributed by atoms with E-state index >= 15 is 0 Å². The number of phenols is 2. The molecule has 1 aromatic carbocycles. The highest BCUT2D eigenvalue weighted by Gasteiger charge is 2.18. The highest BCUT2D eigenvalue weighted by molar-refractivity contribution is 5.81. The van der Waals surface area contributed by atoms with Crippen LogP contribution in [0.25, 0.3) is 11.1 Å². The fourth-order valence-corrected chi connectivity index (χ4v) is 1.81. The molecule has 20 heavy (non-hydrogen) atoms. The topological polar surface area (TPSA) is 147 Å². The monoisotopic (exact) mass is 268 g/mol. The molecule has 0 fully saturated rings. The molecule has 0 atom stereocenters. The lowest BCUT2D eigenvalue weighted by molar-refractivity contribution is 0.404. The van der Waals surface area contributed by atoms with Gasteiger partial charge in [0.2, 0.25) is 0 Å². The number of pyridine rings is 1. The molecule has 0 bridgehead atoms. The van der Waals surface area contributed by atoms with Crippen LogP contribution in [0.3, 0.4) is 0 Å². The molecule has 0 unspecified atom stereocenters. The normalized spacial score (nSPS) is 9.70. The van der Waals surface area contributed by atoms with E-state index < -0.39 is 11.3 Å². The zero-order valence-corrected chi connectivity index (χ0v) is 10.0. The molecule has 0 aliphatic heterocycles. The number of nitrogen functional groups attached to an aromatic ring is 1. The lowest BCUT2D eigenvalue weighted by Crippen LogP contribution is -2.16. The third-order valence-corrected chi connectivity index (χ3v) is 2.73. The Kier molecular flexibility index (Phi) is 3.03. The van der Waals surface area contributed by atoms with Crippen molar-refractivity contribution in [2.45, 2.75) is 0 Å². The number of nitriles is 2. The standard InChI is InChI=1S/C13H8N4O3/c14-4-7-11(6-1-2-9(18)10(19)3-6)8(5-15)13(20)17-12(7)16/h1-3,18-19H,(H3,16,17,20). The molecule has 2 aromatic rings. The molecule has 5 N–H and O–H groups in total. The molecule has 1 heterocycles. The number of rotatable bonds is 1. The van der Waals surface area contributed by atoms with Crippen LogP contribution in [0.2, 0.25) is 0 Å². The van der Waals surface area contributed by atoms with E-state index in [0.29, 0.717) is 0 Å². The van der Waals surface area contributed by atoms with Crippen molar-refractivity contribution >= 4 is 5.82 Å². The van der Waals surface area contributed by atoms with E-state index in [-0.39, 0.29) is 33.8 Å². The fraction of sp³-hybridized carbons (Fsp3) is 0. The Morgan fingerprint density at radius 2 is 1.75 bits per heavy atom. The molecule has 7 nitrogen and oxygen atoms in total. The molecule has 7 heteroatoms. The van der Waals surface area contributed by atoms with Crippen molar-refractivity contribution in [3.8, 4) is 34.8 Å². The van der Waals surface area contributed by atoms with Crippen molar-refractivity contribution in [1.29, 1.82) is 10.5 Å². The SMILES string of the molecule is N#Cc1c(N)[nH]c(=O)c(C#N)c1-c1ccc(O)c(O)c1. The second-order valence-corrected chi connectivity index (χ2v) is 3.92. The zero-order valence-electron chi connectivity index (χ0n) is 10.0. The number of hydrogen-bond acceptors (Lipinski definition) is 6. The molecule has 0 radical (unpaired) electrons. The minimum atomic E-state index is -0.730. The Bertz CT molecular complexity index is 840. The van der Waals surface area contributed by atoms with Gasteiger partial charge in [0.15, 0.2) is 11.5 Å². The van der Waals surface area contributed by atoms with E-state index in [9.17, 15) is 15.0 Å². The van der Waals surface area contributed by atoms with Gasteiger partial charge in [-0.2, -0.15) is 10.5 Å². The van der Waals surface area contributed by atoms with Crippen LogP contribution in [0.4, 0.5) is 5.82 Å². The third-order valence-electron chi connectivity index (χ3n) is 2.73. The summed E-state index contributed by atoms with van der Waals surface area (Å²) < 4.78 is 0. The van der Waals surface area contributed by atoms with Crippen LogP contribution in [0.5, 0.6) is 11.5 Å².